The van der Waals surface area contributed by atoms with Crippen molar-refractivity contribution in [2.75, 3.05) is 0 Å². The fourth-order valence-electron chi connectivity index (χ4n) is 1.81. The lowest BCUT2D eigenvalue weighted by molar-refractivity contribution is 0.394. The topological polar surface area (TPSA) is 32.3 Å². The summed E-state index contributed by atoms with van der Waals surface area (Å²) in [6, 6.07) is 2.63. The highest BCUT2D eigenvalue weighted by Crippen LogP contribution is 2.21. The lowest BCUT2D eigenvalue weighted by atomic mass is 10.1. The van der Waals surface area contributed by atoms with Crippen molar-refractivity contribution in [1.29, 1.82) is 0 Å². The van der Waals surface area contributed by atoms with E-state index in [0.717, 1.165) is 25.0 Å². The van der Waals surface area contributed by atoms with E-state index in [0.29, 0.717) is 18.2 Å². The maximum atomic E-state index is 13.1. The average molecular weight is 257 g/mol. The second kappa shape index (κ2) is 7.31. The van der Waals surface area contributed by atoms with E-state index in [1.165, 1.54) is 12.8 Å². The molecule has 0 heterocycles. The van der Waals surface area contributed by atoms with Gasteiger partial charge in [-0.2, -0.15) is 0 Å². The largest absolute Gasteiger partial charge is 0.503 e. The van der Waals surface area contributed by atoms with E-state index in [-0.39, 0.29) is 0 Å². The maximum Gasteiger partial charge on any atom is 0.187 e. The molecule has 1 rings (SSSR count). The summed E-state index contributed by atoms with van der Waals surface area (Å²) in [5, 5.41) is 12.2. The highest BCUT2D eigenvalue weighted by Gasteiger charge is 2.10. The Bertz CT molecular complexity index is 359. The van der Waals surface area contributed by atoms with Gasteiger partial charge >= 0.3 is 0 Å². The third kappa shape index (κ3) is 4.61. The zero-order valence-corrected chi connectivity index (χ0v) is 11.0. The van der Waals surface area contributed by atoms with Crippen LogP contribution in [0, 0.1) is 11.6 Å². The zero-order valence-electron chi connectivity index (χ0n) is 11.0. The molecule has 0 amide bonds. The van der Waals surface area contributed by atoms with Gasteiger partial charge in [0.1, 0.15) is 0 Å². The van der Waals surface area contributed by atoms with Gasteiger partial charge in [0.15, 0.2) is 17.4 Å². The monoisotopic (exact) mass is 257 g/mol. The number of phenolic OH excluding ortho intramolecular Hbond substituents is 1. The van der Waals surface area contributed by atoms with Crippen LogP contribution in [-0.2, 0) is 6.54 Å². The van der Waals surface area contributed by atoms with Gasteiger partial charge in [-0.3, -0.25) is 0 Å². The number of hydrogen-bond acceptors (Lipinski definition) is 2. The molecular formula is C14H21F2NO. The second-order valence-electron chi connectivity index (χ2n) is 4.69. The van der Waals surface area contributed by atoms with E-state index >= 15 is 0 Å². The van der Waals surface area contributed by atoms with E-state index < -0.39 is 17.4 Å². The Hall–Kier alpha value is -1.16. The summed E-state index contributed by atoms with van der Waals surface area (Å²) in [6.45, 7) is 4.62. The fraction of sp³-hybridized carbons (Fsp3) is 0.571. The van der Waals surface area contributed by atoms with Gasteiger partial charge < -0.3 is 10.4 Å². The van der Waals surface area contributed by atoms with Gasteiger partial charge in [0.25, 0.3) is 0 Å². The molecular weight excluding hydrogens is 236 g/mol. The molecule has 0 spiro atoms. The number of rotatable bonds is 7. The van der Waals surface area contributed by atoms with E-state index in [1.54, 1.807) is 0 Å². The molecule has 0 aliphatic rings. The molecule has 1 aromatic carbocycles. The van der Waals surface area contributed by atoms with Crippen molar-refractivity contribution in [2.45, 2.75) is 52.1 Å². The van der Waals surface area contributed by atoms with E-state index in [9.17, 15) is 8.78 Å². The van der Waals surface area contributed by atoms with Crippen molar-refractivity contribution in [3.63, 3.8) is 0 Å². The lowest BCUT2D eigenvalue weighted by Gasteiger charge is -2.13. The van der Waals surface area contributed by atoms with Crippen LogP contribution >= 0.6 is 0 Å². The Kier molecular flexibility index (Phi) is 6.05. The van der Waals surface area contributed by atoms with Crippen LogP contribution in [0.25, 0.3) is 0 Å². The minimum Gasteiger partial charge on any atom is -0.503 e. The molecule has 0 aliphatic carbocycles. The molecule has 0 aromatic heterocycles. The summed E-state index contributed by atoms with van der Waals surface area (Å²) >= 11 is 0. The van der Waals surface area contributed by atoms with Crippen LogP contribution < -0.4 is 5.32 Å². The molecule has 0 saturated carbocycles. The van der Waals surface area contributed by atoms with Crippen molar-refractivity contribution in [2.24, 2.45) is 0 Å². The Morgan fingerprint density at radius 2 is 1.83 bits per heavy atom. The SMILES string of the molecule is CCCCCC(C)NCc1cc(F)c(O)c(F)c1. The molecule has 2 N–H and O–H groups in total. The van der Waals surface area contributed by atoms with Gasteiger partial charge in [-0.25, -0.2) is 8.78 Å². The number of unbranched alkanes of at least 4 members (excludes halogenated alkanes) is 2. The first-order valence-electron chi connectivity index (χ1n) is 6.44. The molecule has 0 saturated heterocycles. The third-order valence-electron chi connectivity index (χ3n) is 2.97. The average Bonchev–Trinajstić information content (AvgIpc) is 2.33. The van der Waals surface area contributed by atoms with Gasteiger partial charge in [0.05, 0.1) is 0 Å². The number of hydrogen-bond donors (Lipinski definition) is 2. The fourth-order valence-corrected chi connectivity index (χ4v) is 1.81. The predicted molar refractivity (Wildman–Crippen MR) is 68.5 cm³/mol. The normalized spacial score (nSPS) is 12.7. The van der Waals surface area contributed by atoms with Gasteiger partial charge in [-0.1, -0.05) is 26.2 Å². The summed E-state index contributed by atoms with van der Waals surface area (Å²) < 4.78 is 26.2. The van der Waals surface area contributed by atoms with Crippen LogP contribution in [0.3, 0.4) is 0 Å². The molecule has 2 nitrogen and oxygen atoms in total. The van der Waals surface area contributed by atoms with Crippen molar-refractivity contribution in [3.05, 3.63) is 29.3 Å². The predicted octanol–water partition coefficient (Wildman–Crippen LogP) is 3.73. The van der Waals surface area contributed by atoms with Gasteiger partial charge in [-0.05, 0) is 31.0 Å². The first kappa shape index (κ1) is 14.9. The van der Waals surface area contributed by atoms with Crippen molar-refractivity contribution in [3.8, 4) is 5.75 Å². The van der Waals surface area contributed by atoms with Gasteiger partial charge in [-0.15, -0.1) is 0 Å². The number of benzene rings is 1. The standard InChI is InChI=1S/C14H21F2NO/c1-3-4-5-6-10(2)17-9-11-7-12(15)14(18)13(16)8-11/h7-8,10,17-18H,3-6,9H2,1-2H3. The molecule has 0 bridgehead atoms. The van der Waals surface area contributed by atoms with Crippen molar-refractivity contribution in [1.82, 2.24) is 5.32 Å². The molecule has 102 valence electrons. The highest BCUT2D eigenvalue weighted by atomic mass is 19.1. The minimum atomic E-state index is -0.912. The Morgan fingerprint density at radius 1 is 1.22 bits per heavy atom. The summed E-state index contributed by atoms with van der Waals surface area (Å²) in [7, 11) is 0. The van der Waals surface area contributed by atoms with Crippen LogP contribution in [0.15, 0.2) is 12.1 Å². The van der Waals surface area contributed by atoms with E-state index in [2.05, 4.69) is 19.2 Å². The summed E-state index contributed by atoms with van der Waals surface area (Å²) in [5.74, 6) is -2.73. The van der Waals surface area contributed by atoms with Crippen LogP contribution in [-0.4, -0.2) is 11.1 Å². The number of phenols is 1. The van der Waals surface area contributed by atoms with E-state index in [4.69, 9.17) is 5.11 Å². The zero-order chi connectivity index (χ0) is 13.5. The summed E-state index contributed by atoms with van der Waals surface area (Å²) in [5.41, 5.74) is 0.505. The van der Waals surface area contributed by atoms with Gasteiger partial charge in [0.2, 0.25) is 0 Å². The highest BCUT2D eigenvalue weighted by molar-refractivity contribution is 5.29. The molecule has 0 aliphatic heterocycles. The van der Waals surface area contributed by atoms with Crippen molar-refractivity contribution < 1.29 is 13.9 Å². The first-order valence-corrected chi connectivity index (χ1v) is 6.44. The third-order valence-corrected chi connectivity index (χ3v) is 2.97. The molecule has 0 fully saturated rings. The summed E-state index contributed by atoms with van der Waals surface area (Å²) in [6.07, 6.45) is 4.59. The number of nitrogens with one attached hydrogen (secondary N) is 1. The van der Waals surface area contributed by atoms with E-state index in [1.807, 2.05) is 0 Å². The van der Waals surface area contributed by atoms with Crippen LogP contribution in [0.5, 0.6) is 5.75 Å². The Morgan fingerprint density at radius 3 is 2.39 bits per heavy atom. The Balaban J connectivity index is 2.43. The minimum absolute atomic E-state index is 0.316. The van der Waals surface area contributed by atoms with Crippen molar-refractivity contribution >= 4 is 0 Å². The maximum absolute atomic E-state index is 13.1. The van der Waals surface area contributed by atoms with Crippen LogP contribution in [0.2, 0.25) is 0 Å². The first-order chi connectivity index (χ1) is 8.54. The molecule has 0 radical (unpaired) electrons. The smallest absolute Gasteiger partial charge is 0.187 e. The Labute approximate surface area is 107 Å². The van der Waals surface area contributed by atoms with Crippen LogP contribution in [0.1, 0.15) is 45.1 Å². The number of aromatic hydroxyl groups is 1. The molecule has 4 heteroatoms. The van der Waals surface area contributed by atoms with Crippen LogP contribution in [0.4, 0.5) is 8.78 Å². The molecule has 1 aromatic rings. The lowest BCUT2D eigenvalue weighted by Crippen LogP contribution is -2.25. The van der Waals surface area contributed by atoms with Gasteiger partial charge in [0, 0.05) is 12.6 Å². The summed E-state index contributed by atoms with van der Waals surface area (Å²) in [4.78, 5) is 0. The second-order valence-corrected chi connectivity index (χ2v) is 4.69. The number of halogens is 2. The quantitative estimate of drug-likeness (QED) is 0.729. The molecule has 18 heavy (non-hydrogen) atoms. The molecule has 1 unspecified atom stereocenters. The molecule has 1 atom stereocenters.